The van der Waals surface area contributed by atoms with Crippen molar-refractivity contribution >= 4 is 11.6 Å². The topological polar surface area (TPSA) is 24.7 Å². The Bertz CT molecular complexity index is 591. The minimum atomic E-state index is -0.511. The van der Waals surface area contributed by atoms with Crippen LogP contribution in [0.3, 0.4) is 0 Å². The number of nitrogens with one attached hydrogen (secondary N) is 1. The molecule has 1 saturated heterocycles. The molecule has 2 aromatic rings. The second kappa shape index (κ2) is 7.96. The molecule has 0 aliphatic carbocycles. The van der Waals surface area contributed by atoms with Crippen molar-refractivity contribution in [3.8, 4) is 0 Å². The molecule has 1 aliphatic heterocycles. The Labute approximate surface area is 143 Å². The highest BCUT2D eigenvalue weighted by atomic mass is 35.5. The Morgan fingerprint density at radius 1 is 0.783 bits per heavy atom. The molecule has 3 rings (SSSR count). The van der Waals surface area contributed by atoms with E-state index in [1.54, 1.807) is 0 Å². The minimum Gasteiger partial charge on any atom is -0.382 e. The summed E-state index contributed by atoms with van der Waals surface area (Å²) in [4.78, 5) is 1.50. The third kappa shape index (κ3) is 4.14. The zero-order valence-electron chi connectivity index (χ0n) is 13.4. The summed E-state index contributed by atoms with van der Waals surface area (Å²) in [7, 11) is 0. The summed E-state index contributed by atoms with van der Waals surface area (Å²) < 4.78 is 0. The van der Waals surface area contributed by atoms with E-state index in [4.69, 9.17) is 11.6 Å². The van der Waals surface area contributed by atoms with Crippen molar-refractivity contribution in [2.45, 2.75) is 37.8 Å². The summed E-state index contributed by atoms with van der Waals surface area (Å²) in [5.41, 5.74) is 2.16. The van der Waals surface area contributed by atoms with Crippen LogP contribution in [0.4, 0.5) is 0 Å². The molecule has 1 fully saturated rings. The molecule has 1 heterocycles. The maximum absolute atomic E-state index is 11.1. The van der Waals surface area contributed by atoms with Crippen LogP contribution in [-0.2, 0) is 0 Å². The van der Waals surface area contributed by atoms with Gasteiger partial charge >= 0.3 is 0 Å². The molecule has 2 aromatic carbocycles. The molecule has 0 radical (unpaired) electrons. The van der Waals surface area contributed by atoms with Gasteiger partial charge in [-0.1, -0.05) is 54.1 Å². The monoisotopic (exact) mass is 330 g/mol. The number of benzene rings is 2. The van der Waals surface area contributed by atoms with Gasteiger partial charge < -0.3 is 10.0 Å². The molecule has 0 aromatic heterocycles. The van der Waals surface area contributed by atoms with Crippen LogP contribution in [0.2, 0.25) is 5.02 Å². The van der Waals surface area contributed by atoms with Gasteiger partial charge in [0.05, 0.1) is 13.1 Å². The molecule has 23 heavy (non-hydrogen) atoms. The van der Waals surface area contributed by atoms with Crippen molar-refractivity contribution in [1.29, 1.82) is 0 Å². The lowest BCUT2D eigenvalue weighted by Crippen LogP contribution is -3.12. The molecule has 1 aliphatic rings. The van der Waals surface area contributed by atoms with Crippen LogP contribution in [0.25, 0.3) is 0 Å². The zero-order chi connectivity index (χ0) is 16.1. The second-order valence-electron chi connectivity index (χ2n) is 6.46. The summed E-state index contributed by atoms with van der Waals surface area (Å²) in [6, 6.07) is 18.1. The fraction of sp³-hybridized carbons (Fsp3) is 0.400. The van der Waals surface area contributed by atoms with Gasteiger partial charge in [-0.3, -0.25) is 0 Å². The minimum absolute atomic E-state index is 0.0791. The van der Waals surface area contributed by atoms with Gasteiger partial charge in [-0.15, -0.1) is 0 Å². The first-order valence-electron chi connectivity index (χ1n) is 8.59. The van der Waals surface area contributed by atoms with Gasteiger partial charge in [0.25, 0.3) is 0 Å². The van der Waals surface area contributed by atoms with E-state index in [0.717, 1.165) is 18.7 Å². The maximum Gasteiger partial charge on any atom is 0.144 e. The van der Waals surface area contributed by atoms with Crippen LogP contribution in [0.15, 0.2) is 54.6 Å². The molecule has 0 amide bonds. The van der Waals surface area contributed by atoms with Crippen LogP contribution in [0.5, 0.6) is 0 Å². The molecule has 2 atom stereocenters. The van der Waals surface area contributed by atoms with E-state index in [1.165, 1.54) is 36.1 Å². The summed E-state index contributed by atoms with van der Waals surface area (Å²) in [5.74, 6) is 0. The highest BCUT2D eigenvalue weighted by Crippen LogP contribution is 2.28. The van der Waals surface area contributed by atoms with Crippen LogP contribution in [0, 0.1) is 0 Å². The Hall–Kier alpha value is -1.35. The first-order chi connectivity index (χ1) is 11.3. The number of likely N-dealkylation sites (tertiary alicyclic amines) is 1. The third-order valence-electron chi connectivity index (χ3n) is 4.87. The molecule has 122 valence electrons. The first-order valence-corrected chi connectivity index (χ1v) is 8.96. The van der Waals surface area contributed by atoms with E-state index in [2.05, 4.69) is 24.3 Å². The average molecular weight is 331 g/mol. The van der Waals surface area contributed by atoms with E-state index >= 15 is 0 Å². The number of halogens is 1. The maximum atomic E-state index is 11.1. The van der Waals surface area contributed by atoms with Crippen molar-refractivity contribution in [3.05, 3.63) is 70.7 Å². The Balaban J connectivity index is 1.92. The van der Waals surface area contributed by atoms with Gasteiger partial charge in [-0.05, 0) is 43.4 Å². The molecular formula is C20H25ClNO+. The molecule has 0 spiro atoms. The van der Waals surface area contributed by atoms with Gasteiger partial charge in [0.2, 0.25) is 0 Å². The molecule has 2 nitrogen and oxygen atoms in total. The molecule has 3 heteroatoms. The van der Waals surface area contributed by atoms with Crippen molar-refractivity contribution in [2.75, 3.05) is 13.1 Å². The van der Waals surface area contributed by atoms with Crippen molar-refractivity contribution in [1.82, 2.24) is 0 Å². The zero-order valence-corrected chi connectivity index (χ0v) is 14.2. The lowest BCUT2D eigenvalue weighted by atomic mass is 9.94. The van der Waals surface area contributed by atoms with Gasteiger partial charge in [0.15, 0.2) is 0 Å². The highest BCUT2D eigenvalue weighted by Gasteiger charge is 2.32. The number of aliphatic hydroxyl groups is 1. The van der Waals surface area contributed by atoms with Gasteiger partial charge in [0, 0.05) is 10.6 Å². The molecule has 0 saturated carbocycles. The van der Waals surface area contributed by atoms with E-state index in [0.29, 0.717) is 5.02 Å². The molecule has 0 unspecified atom stereocenters. The summed E-state index contributed by atoms with van der Waals surface area (Å²) >= 11 is 6.00. The van der Waals surface area contributed by atoms with Crippen LogP contribution < -0.4 is 4.90 Å². The van der Waals surface area contributed by atoms with Crippen molar-refractivity contribution < 1.29 is 10.0 Å². The van der Waals surface area contributed by atoms with Gasteiger partial charge in [0.1, 0.15) is 12.1 Å². The van der Waals surface area contributed by atoms with Crippen molar-refractivity contribution in [3.63, 3.8) is 0 Å². The smallest absolute Gasteiger partial charge is 0.144 e. The second-order valence-corrected chi connectivity index (χ2v) is 6.89. The SMILES string of the molecule is O[C@@H](c1ccc(Cl)cc1)[C@H](c1ccccc1)[NH+]1CCCCCC1. The van der Waals surface area contributed by atoms with E-state index < -0.39 is 6.10 Å². The van der Waals surface area contributed by atoms with Gasteiger partial charge in [-0.2, -0.15) is 0 Å². The lowest BCUT2D eigenvalue weighted by Gasteiger charge is -2.31. The normalized spacial score (nSPS) is 19.0. The van der Waals surface area contributed by atoms with E-state index in [9.17, 15) is 5.11 Å². The number of aliphatic hydroxyl groups excluding tert-OH is 1. The van der Waals surface area contributed by atoms with Crippen LogP contribution in [0.1, 0.15) is 49.0 Å². The Morgan fingerprint density at radius 2 is 1.39 bits per heavy atom. The molecular weight excluding hydrogens is 306 g/mol. The number of quaternary nitrogens is 1. The third-order valence-corrected chi connectivity index (χ3v) is 5.12. The Morgan fingerprint density at radius 3 is 2.00 bits per heavy atom. The first kappa shape index (κ1) is 16.5. The standard InChI is InChI=1S/C20H24ClNO/c21-18-12-10-17(11-13-18)20(23)19(16-8-4-3-5-9-16)22-14-6-1-2-7-15-22/h3-5,8-13,19-20,23H,1-2,6-7,14-15H2/p+1/t19-,20-/m0/s1. The van der Waals surface area contributed by atoms with Crippen LogP contribution in [-0.4, -0.2) is 18.2 Å². The summed E-state index contributed by atoms with van der Waals surface area (Å²) in [6.45, 7) is 2.26. The van der Waals surface area contributed by atoms with Gasteiger partial charge in [-0.25, -0.2) is 0 Å². The fourth-order valence-corrected chi connectivity index (χ4v) is 3.77. The number of rotatable bonds is 4. The highest BCUT2D eigenvalue weighted by molar-refractivity contribution is 6.30. The largest absolute Gasteiger partial charge is 0.382 e. The predicted molar refractivity (Wildman–Crippen MR) is 94.8 cm³/mol. The fourth-order valence-electron chi connectivity index (χ4n) is 3.65. The number of hydrogen-bond donors (Lipinski definition) is 2. The van der Waals surface area contributed by atoms with E-state index in [-0.39, 0.29) is 6.04 Å². The summed E-state index contributed by atoms with van der Waals surface area (Å²) in [6.07, 6.45) is 4.59. The molecule has 0 bridgehead atoms. The molecule has 2 N–H and O–H groups in total. The average Bonchev–Trinajstić information content (AvgIpc) is 2.86. The Kier molecular flexibility index (Phi) is 5.71. The van der Waals surface area contributed by atoms with Crippen molar-refractivity contribution in [2.24, 2.45) is 0 Å². The lowest BCUT2D eigenvalue weighted by molar-refractivity contribution is -0.935. The van der Waals surface area contributed by atoms with Crippen LogP contribution >= 0.6 is 11.6 Å². The number of hydrogen-bond acceptors (Lipinski definition) is 1. The quantitative estimate of drug-likeness (QED) is 0.880. The van der Waals surface area contributed by atoms with E-state index in [1.807, 2.05) is 30.3 Å². The summed E-state index contributed by atoms with van der Waals surface area (Å²) in [5, 5.41) is 11.8. The predicted octanol–water partition coefficient (Wildman–Crippen LogP) is 3.57.